The highest BCUT2D eigenvalue weighted by Gasteiger charge is 2.00. The summed E-state index contributed by atoms with van der Waals surface area (Å²) in [6.07, 6.45) is 0.962. The molecule has 17 heavy (non-hydrogen) atoms. The Kier molecular flexibility index (Phi) is 4.53. The van der Waals surface area contributed by atoms with Crippen molar-refractivity contribution in [2.75, 3.05) is 12.3 Å². The molecule has 0 atom stereocenters. The highest BCUT2D eigenvalue weighted by Crippen LogP contribution is 2.19. The van der Waals surface area contributed by atoms with Gasteiger partial charge in [-0.25, -0.2) is 4.98 Å². The molecule has 0 radical (unpaired) electrons. The number of nitrogens with zero attached hydrogens (tertiary/aromatic N) is 1. The largest absolute Gasteiger partial charge is 0.399 e. The standard InChI is InChI=1S/C12H14BrN3S/c13-12-2-1-10(14)5-9(12)6-15-4-3-11-7-17-8-16-11/h1-2,5,7-8,15H,3-4,6,14H2. The molecule has 0 bridgehead atoms. The molecule has 0 aliphatic rings. The molecule has 1 aromatic heterocycles. The zero-order valence-corrected chi connectivity index (χ0v) is 11.7. The molecule has 2 rings (SSSR count). The van der Waals surface area contributed by atoms with Crippen molar-refractivity contribution in [3.8, 4) is 0 Å². The number of nitrogens with one attached hydrogen (secondary N) is 1. The number of thiazole rings is 1. The lowest BCUT2D eigenvalue weighted by atomic mass is 10.2. The van der Waals surface area contributed by atoms with Crippen LogP contribution >= 0.6 is 27.3 Å². The molecule has 0 spiro atoms. The molecule has 0 fully saturated rings. The van der Waals surface area contributed by atoms with Crippen LogP contribution in [0.4, 0.5) is 5.69 Å². The Labute approximate surface area is 113 Å². The Balaban J connectivity index is 1.80. The number of nitrogens with two attached hydrogens (primary N) is 1. The Hall–Kier alpha value is -0.910. The summed E-state index contributed by atoms with van der Waals surface area (Å²) in [7, 11) is 0. The van der Waals surface area contributed by atoms with E-state index >= 15 is 0 Å². The third-order valence-corrected chi connectivity index (χ3v) is 3.84. The maximum absolute atomic E-state index is 5.75. The SMILES string of the molecule is Nc1ccc(Br)c(CNCCc2cscn2)c1. The van der Waals surface area contributed by atoms with Crippen molar-refractivity contribution in [1.29, 1.82) is 0 Å². The van der Waals surface area contributed by atoms with Crippen LogP contribution in [-0.4, -0.2) is 11.5 Å². The van der Waals surface area contributed by atoms with Gasteiger partial charge >= 0.3 is 0 Å². The van der Waals surface area contributed by atoms with Gasteiger partial charge in [-0.3, -0.25) is 0 Å². The number of benzene rings is 1. The van der Waals surface area contributed by atoms with Crippen molar-refractivity contribution in [2.24, 2.45) is 0 Å². The predicted molar refractivity (Wildman–Crippen MR) is 76.1 cm³/mol. The summed E-state index contributed by atoms with van der Waals surface area (Å²) in [6.45, 7) is 1.74. The first-order chi connectivity index (χ1) is 8.25. The Bertz CT molecular complexity index is 471. The van der Waals surface area contributed by atoms with Crippen LogP contribution in [0.1, 0.15) is 11.3 Å². The normalized spacial score (nSPS) is 10.6. The first-order valence-electron chi connectivity index (χ1n) is 5.37. The smallest absolute Gasteiger partial charge is 0.0794 e. The van der Waals surface area contributed by atoms with Crippen LogP contribution in [0.2, 0.25) is 0 Å². The van der Waals surface area contributed by atoms with E-state index in [1.54, 1.807) is 11.3 Å². The van der Waals surface area contributed by atoms with Crippen LogP contribution in [-0.2, 0) is 13.0 Å². The average molecular weight is 312 g/mol. The summed E-state index contributed by atoms with van der Waals surface area (Å²) in [4.78, 5) is 4.24. The lowest BCUT2D eigenvalue weighted by Crippen LogP contribution is -2.17. The van der Waals surface area contributed by atoms with Gasteiger partial charge in [0, 0.05) is 35.1 Å². The van der Waals surface area contributed by atoms with Gasteiger partial charge in [-0.1, -0.05) is 15.9 Å². The first-order valence-corrected chi connectivity index (χ1v) is 7.11. The number of aromatic nitrogens is 1. The topological polar surface area (TPSA) is 50.9 Å². The highest BCUT2D eigenvalue weighted by atomic mass is 79.9. The van der Waals surface area contributed by atoms with E-state index in [1.807, 2.05) is 23.7 Å². The minimum atomic E-state index is 0.796. The number of rotatable bonds is 5. The van der Waals surface area contributed by atoms with E-state index in [9.17, 15) is 0 Å². The van der Waals surface area contributed by atoms with Gasteiger partial charge in [-0.2, -0.15) is 0 Å². The quantitative estimate of drug-likeness (QED) is 0.659. The molecule has 0 amide bonds. The fourth-order valence-corrected chi connectivity index (χ4v) is 2.51. The van der Waals surface area contributed by atoms with Gasteiger partial charge < -0.3 is 11.1 Å². The van der Waals surface area contributed by atoms with Crippen LogP contribution in [0.3, 0.4) is 0 Å². The lowest BCUT2D eigenvalue weighted by Gasteiger charge is -2.07. The monoisotopic (exact) mass is 311 g/mol. The molecule has 5 heteroatoms. The van der Waals surface area contributed by atoms with E-state index in [1.165, 1.54) is 5.56 Å². The molecule has 1 aromatic carbocycles. The van der Waals surface area contributed by atoms with Crippen LogP contribution in [0.15, 0.2) is 33.6 Å². The van der Waals surface area contributed by atoms with Gasteiger partial charge in [0.1, 0.15) is 0 Å². The van der Waals surface area contributed by atoms with Gasteiger partial charge in [0.05, 0.1) is 11.2 Å². The summed E-state index contributed by atoms with van der Waals surface area (Å²) in [5, 5.41) is 5.47. The van der Waals surface area contributed by atoms with Crippen LogP contribution in [0.5, 0.6) is 0 Å². The fraction of sp³-hybridized carbons (Fsp3) is 0.250. The van der Waals surface area contributed by atoms with E-state index in [-0.39, 0.29) is 0 Å². The van der Waals surface area contributed by atoms with Gasteiger partial charge in [0.2, 0.25) is 0 Å². The third-order valence-electron chi connectivity index (χ3n) is 2.43. The summed E-state index contributed by atoms with van der Waals surface area (Å²) >= 11 is 5.15. The molecule has 3 N–H and O–H groups in total. The van der Waals surface area contributed by atoms with Gasteiger partial charge in [0.15, 0.2) is 0 Å². The minimum Gasteiger partial charge on any atom is -0.399 e. The second kappa shape index (κ2) is 6.14. The second-order valence-corrected chi connectivity index (χ2v) is 5.33. The minimum absolute atomic E-state index is 0.796. The summed E-state index contributed by atoms with van der Waals surface area (Å²) < 4.78 is 1.09. The molecular weight excluding hydrogens is 298 g/mol. The maximum atomic E-state index is 5.75. The van der Waals surface area contributed by atoms with Crippen molar-refractivity contribution in [1.82, 2.24) is 10.3 Å². The molecule has 0 aliphatic heterocycles. The van der Waals surface area contributed by atoms with Crippen molar-refractivity contribution in [2.45, 2.75) is 13.0 Å². The molecule has 0 saturated heterocycles. The fourth-order valence-electron chi connectivity index (χ4n) is 1.53. The van der Waals surface area contributed by atoms with E-state index in [0.29, 0.717) is 0 Å². The number of nitrogen functional groups attached to an aromatic ring is 1. The molecular formula is C12H14BrN3S. The number of anilines is 1. The molecule has 1 heterocycles. The number of halogens is 1. The lowest BCUT2D eigenvalue weighted by molar-refractivity contribution is 0.680. The van der Waals surface area contributed by atoms with Gasteiger partial charge in [-0.05, 0) is 23.8 Å². The Morgan fingerprint density at radius 1 is 1.41 bits per heavy atom. The summed E-state index contributed by atoms with van der Waals surface area (Å²) in [5.41, 5.74) is 10.7. The number of hydrogen-bond acceptors (Lipinski definition) is 4. The third kappa shape index (κ3) is 3.80. The molecule has 3 nitrogen and oxygen atoms in total. The van der Waals surface area contributed by atoms with Crippen molar-refractivity contribution >= 4 is 33.0 Å². The first kappa shape index (κ1) is 12.5. The molecule has 90 valence electrons. The van der Waals surface area contributed by atoms with Gasteiger partial charge in [-0.15, -0.1) is 11.3 Å². The zero-order valence-electron chi connectivity index (χ0n) is 9.32. The van der Waals surface area contributed by atoms with Gasteiger partial charge in [0.25, 0.3) is 0 Å². The summed E-state index contributed by atoms with van der Waals surface area (Å²) in [5.74, 6) is 0. The Morgan fingerprint density at radius 3 is 3.06 bits per heavy atom. The second-order valence-electron chi connectivity index (χ2n) is 3.76. The van der Waals surface area contributed by atoms with Crippen molar-refractivity contribution < 1.29 is 0 Å². The molecule has 0 unspecified atom stereocenters. The van der Waals surface area contributed by atoms with Crippen molar-refractivity contribution in [3.05, 3.63) is 44.8 Å². The summed E-state index contributed by atoms with van der Waals surface area (Å²) in [6, 6.07) is 5.86. The predicted octanol–water partition coefficient (Wildman–Crippen LogP) is 2.82. The molecule has 0 aliphatic carbocycles. The van der Waals surface area contributed by atoms with Crippen molar-refractivity contribution in [3.63, 3.8) is 0 Å². The zero-order chi connectivity index (χ0) is 12.1. The van der Waals surface area contributed by atoms with E-state index < -0.39 is 0 Å². The maximum Gasteiger partial charge on any atom is 0.0794 e. The average Bonchev–Trinajstić information content (AvgIpc) is 2.82. The highest BCUT2D eigenvalue weighted by molar-refractivity contribution is 9.10. The van der Waals surface area contributed by atoms with E-state index in [0.717, 1.165) is 35.4 Å². The molecule has 2 aromatic rings. The van der Waals surface area contributed by atoms with Crippen LogP contribution in [0, 0.1) is 0 Å². The van der Waals surface area contributed by atoms with Crippen LogP contribution in [0.25, 0.3) is 0 Å². The molecule has 0 saturated carbocycles. The Morgan fingerprint density at radius 2 is 2.29 bits per heavy atom. The van der Waals surface area contributed by atoms with E-state index in [2.05, 4.69) is 31.6 Å². The van der Waals surface area contributed by atoms with E-state index in [4.69, 9.17) is 5.73 Å². The number of hydrogen-bond donors (Lipinski definition) is 2. The van der Waals surface area contributed by atoms with Crippen LogP contribution < -0.4 is 11.1 Å².